The van der Waals surface area contributed by atoms with Gasteiger partial charge in [0, 0.05) is 12.0 Å². The number of carbonyl (C=O) groups excluding carboxylic acids is 2. The number of fused-ring (bicyclic) bond motifs is 2. The van der Waals surface area contributed by atoms with Gasteiger partial charge in [-0.1, -0.05) is 0 Å². The van der Waals surface area contributed by atoms with Gasteiger partial charge in [-0.3, -0.25) is 4.90 Å². The number of amides is 1. The molecule has 0 aromatic rings. The summed E-state index contributed by atoms with van der Waals surface area (Å²) in [6, 6.07) is -1.11. The summed E-state index contributed by atoms with van der Waals surface area (Å²) in [4.78, 5) is 25.7. The van der Waals surface area contributed by atoms with Crippen LogP contribution < -0.4 is 0 Å². The molecule has 0 N–H and O–H groups in total. The van der Waals surface area contributed by atoms with Crippen molar-refractivity contribution < 1.29 is 23.5 Å². The molecule has 1 aliphatic carbocycles. The van der Waals surface area contributed by atoms with E-state index in [4.69, 9.17) is 9.47 Å². The third-order valence-electron chi connectivity index (χ3n) is 3.74. The van der Waals surface area contributed by atoms with E-state index in [1.807, 2.05) is 0 Å². The minimum Gasteiger partial charge on any atom is -0.464 e. The van der Waals surface area contributed by atoms with Crippen LogP contribution in [0.3, 0.4) is 0 Å². The summed E-state index contributed by atoms with van der Waals surface area (Å²) in [6.45, 7) is 7.19. The van der Waals surface area contributed by atoms with E-state index in [2.05, 4.69) is 0 Å². The van der Waals surface area contributed by atoms with Crippen molar-refractivity contribution in [1.29, 1.82) is 0 Å². The largest absolute Gasteiger partial charge is 0.464 e. The van der Waals surface area contributed by atoms with Crippen LogP contribution in [0.25, 0.3) is 0 Å². The van der Waals surface area contributed by atoms with Crippen LogP contribution in [-0.2, 0) is 14.3 Å². The summed E-state index contributed by atoms with van der Waals surface area (Å²) in [5.41, 5.74) is -0.646. The first-order valence-electron chi connectivity index (χ1n) is 7.06. The van der Waals surface area contributed by atoms with E-state index >= 15 is 0 Å². The highest BCUT2D eigenvalue weighted by Crippen LogP contribution is 2.45. The predicted molar refractivity (Wildman–Crippen MR) is 69.9 cm³/mol. The van der Waals surface area contributed by atoms with Crippen LogP contribution in [0.4, 0.5) is 9.18 Å². The third-order valence-corrected chi connectivity index (χ3v) is 3.74. The maximum atomic E-state index is 13.9. The van der Waals surface area contributed by atoms with E-state index in [1.165, 1.54) is 4.90 Å². The zero-order valence-electron chi connectivity index (χ0n) is 12.4. The van der Waals surface area contributed by atoms with Crippen molar-refractivity contribution in [2.45, 2.75) is 64.4 Å². The Kier molecular flexibility index (Phi) is 3.93. The van der Waals surface area contributed by atoms with E-state index in [0.717, 1.165) is 0 Å². The highest BCUT2D eigenvalue weighted by atomic mass is 19.1. The monoisotopic (exact) mass is 287 g/mol. The summed E-state index contributed by atoms with van der Waals surface area (Å²) in [5, 5.41) is 0. The van der Waals surface area contributed by atoms with Crippen molar-refractivity contribution >= 4 is 12.1 Å². The maximum Gasteiger partial charge on any atom is 0.411 e. The molecule has 2 bridgehead atoms. The van der Waals surface area contributed by atoms with Crippen LogP contribution >= 0.6 is 0 Å². The molecule has 2 aliphatic rings. The minimum absolute atomic E-state index is 0.214. The van der Waals surface area contributed by atoms with Crippen molar-refractivity contribution in [1.82, 2.24) is 4.90 Å². The summed E-state index contributed by atoms with van der Waals surface area (Å²) >= 11 is 0. The second-order valence-corrected chi connectivity index (χ2v) is 6.39. The quantitative estimate of drug-likeness (QED) is 0.731. The summed E-state index contributed by atoms with van der Waals surface area (Å²) in [5.74, 6) is -1.00. The second-order valence-electron chi connectivity index (χ2n) is 6.39. The Balaban J connectivity index is 2.17. The number of piperidine rings is 1. The van der Waals surface area contributed by atoms with Gasteiger partial charge in [0.1, 0.15) is 17.8 Å². The first-order valence-corrected chi connectivity index (χ1v) is 7.06. The van der Waals surface area contributed by atoms with Gasteiger partial charge in [-0.2, -0.15) is 0 Å². The first-order chi connectivity index (χ1) is 9.24. The van der Waals surface area contributed by atoms with Crippen molar-refractivity contribution in [3.8, 4) is 0 Å². The van der Waals surface area contributed by atoms with Gasteiger partial charge in [-0.25, -0.2) is 14.0 Å². The van der Waals surface area contributed by atoms with E-state index in [-0.39, 0.29) is 19.1 Å². The van der Waals surface area contributed by atoms with Crippen LogP contribution in [0.2, 0.25) is 0 Å². The fraction of sp³-hybridized carbons (Fsp3) is 0.857. The van der Waals surface area contributed by atoms with E-state index in [9.17, 15) is 14.0 Å². The molecule has 0 unspecified atom stereocenters. The number of hydrogen-bond donors (Lipinski definition) is 0. The van der Waals surface area contributed by atoms with Gasteiger partial charge in [0.05, 0.1) is 6.61 Å². The van der Waals surface area contributed by atoms with Gasteiger partial charge < -0.3 is 9.47 Å². The molecule has 114 valence electrons. The standard InChI is InChI=1S/C14H22FNO4/c1-5-19-12(17)11-9-6-8(7-10(9)15)16(11)13(18)20-14(2,3)4/h8-11H,5-7H2,1-4H3/t8-,9+,10-,11-/m1/s1. The predicted octanol–water partition coefficient (Wildman–Crippen LogP) is 2.29. The molecular weight excluding hydrogens is 265 g/mol. The molecule has 1 heterocycles. The Hall–Kier alpha value is -1.33. The lowest BCUT2D eigenvalue weighted by atomic mass is 9.97. The molecule has 5 nitrogen and oxygen atoms in total. The number of likely N-dealkylation sites (tertiary alicyclic amines) is 1. The second kappa shape index (κ2) is 5.22. The highest BCUT2D eigenvalue weighted by molar-refractivity contribution is 5.83. The topological polar surface area (TPSA) is 55.8 Å². The van der Waals surface area contributed by atoms with E-state index < -0.39 is 35.8 Å². The van der Waals surface area contributed by atoms with Crippen LogP contribution in [0.5, 0.6) is 0 Å². The van der Waals surface area contributed by atoms with Gasteiger partial charge in [0.15, 0.2) is 0 Å². The van der Waals surface area contributed by atoms with E-state index in [1.54, 1.807) is 27.7 Å². The number of carbonyl (C=O) groups is 2. The fourth-order valence-corrected chi connectivity index (χ4v) is 3.07. The molecule has 0 radical (unpaired) electrons. The number of nitrogens with zero attached hydrogens (tertiary/aromatic N) is 1. The average molecular weight is 287 g/mol. The molecule has 1 aliphatic heterocycles. The van der Waals surface area contributed by atoms with Crippen LogP contribution in [0.1, 0.15) is 40.5 Å². The summed E-state index contributed by atoms with van der Waals surface area (Å²) in [6.07, 6.45) is -0.827. The molecular formula is C14H22FNO4. The summed E-state index contributed by atoms with van der Waals surface area (Å²) < 4.78 is 24.2. The third kappa shape index (κ3) is 2.74. The molecule has 2 rings (SSSR count). The zero-order valence-corrected chi connectivity index (χ0v) is 12.4. The lowest BCUT2D eigenvalue weighted by Crippen LogP contribution is -2.53. The number of esters is 1. The van der Waals surface area contributed by atoms with Gasteiger partial charge in [0.25, 0.3) is 0 Å². The average Bonchev–Trinajstić information content (AvgIpc) is 2.82. The van der Waals surface area contributed by atoms with Gasteiger partial charge in [0.2, 0.25) is 0 Å². The first kappa shape index (κ1) is 15.1. The van der Waals surface area contributed by atoms with E-state index in [0.29, 0.717) is 6.42 Å². The van der Waals surface area contributed by atoms with Crippen molar-refractivity contribution in [2.24, 2.45) is 5.92 Å². The summed E-state index contributed by atoms with van der Waals surface area (Å²) in [7, 11) is 0. The Labute approximate surface area is 118 Å². The Morgan fingerprint density at radius 3 is 2.50 bits per heavy atom. The molecule has 0 aromatic carbocycles. The Bertz CT molecular complexity index is 406. The van der Waals surface area contributed by atoms with Crippen molar-refractivity contribution in [2.75, 3.05) is 6.61 Å². The molecule has 4 atom stereocenters. The minimum atomic E-state index is -1.05. The normalized spacial score (nSPS) is 32.4. The molecule has 1 saturated heterocycles. The number of halogens is 1. The Morgan fingerprint density at radius 2 is 1.95 bits per heavy atom. The number of alkyl halides is 1. The molecule has 0 spiro atoms. The lowest BCUT2D eigenvalue weighted by molar-refractivity contribution is -0.152. The van der Waals surface area contributed by atoms with Gasteiger partial charge >= 0.3 is 12.1 Å². The lowest BCUT2D eigenvalue weighted by Gasteiger charge is -2.36. The Morgan fingerprint density at radius 1 is 1.30 bits per heavy atom. The highest BCUT2D eigenvalue weighted by Gasteiger charge is 2.57. The van der Waals surface area contributed by atoms with Gasteiger partial charge in [-0.15, -0.1) is 0 Å². The zero-order chi connectivity index (χ0) is 15.1. The fourth-order valence-electron chi connectivity index (χ4n) is 3.07. The van der Waals surface area contributed by atoms with Crippen LogP contribution in [0, 0.1) is 5.92 Å². The number of rotatable bonds is 2. The molecule has 6 heteroatoms. The van der Waals surface area contributed by atoms with Crippen LogP contribution in [-0.4, -0.2) is 47.4 Å². The molecule has 1 saturated carbocycles. The van der Waals surface area contributed by atoms with Crippen molar-refractivity contribution in [3.63, 3.8) is 0 Å². The maximum absolute atomic E-state index is 13.9. The number of ether oxygens (including phenoxy) is 2. The molecule has 1 amide bonds. The number of hydrogen-bond acceptors (Lipinski definition) is 4. The SMILES string of the molecule is CCOC(=O)[C@H]1[C@H]2C[C@H](C[C@H]2F)N1C(=O)OC(C)(C)C. The molecule has 20 heavy (non-hydrogen) atoms. The smallest absolute Gasteiger partial charge is 0.411 e. The van der Waals surface area contributed by atoms with Gasteiger partial charge in [-0.05, 0) is 40.5 Å². The molecule has 2 fully saturated rings. The van der Waals surface area contributed by atoms with Crippen LogP contribution in [0.15, 0.2) is 0 Å². The van der Waals surface area contributed by atoms with Crippen molar-refractivity contribution in [3.05, 3.63) is 0 Å². The molecule has 0 aromatic heterocycles.